The molecule has 8 heteroatoms. The number of hydrogen-bond acceptors (Lipinski definition) is 5. The van der Waals surface area contributed by atoms with E-state index >= 15 is 0 Å². The van der Waals surface area contributed by atoms with Crippen molar-refractivity contribution in [3.8, 4) is 6.07 Å². The Kier molecular flexibility index (Phi) is 4.76. The van der Waals surface area contributed by atoms with Gasteiger partial charge < -0.3 is 0 Å². The number of carbonyl (C=O) groups excluding carboxylic acids is 1. The fourth-order valence-electron chi connectivity index (χ4n) is 1.88. The highest BCUT2D eigenvalue weighted by Gasteiger charge is 2.32. The molecule has 2 aromatic rings. The fourth-order valence-corrected chi connectivity index (χ4v) is 2.82. The number of pyridine rings is 1. The topological polar surface area (TPSA) is 66.6 Å². The zero-order valence-corrected chi connectivity index (χ0v) is 14.0. The summed E-state index contributed by atoms with van der Waals surface area (Å²) in [5.41, 5.74) is -1.18. The molecule has 0 aromatic carbocycles. The standard InChI is InChI=1S/C16H14F3N3OS/c1-15(2,3)14-22-8-12(24-14)13(23)10(6-20)11-5-4-9(7-21-11)16(17,18)19/h4-5,7-8,10H,1-3H3. The van der Waals surface area contributed by atoms with Gasteiger partial charge in [-0.2, -0.15) is 18.4 Å². The first-order valence-electron chi connectivity index (χ1n) is 6.97. The van der Waals surface area contributed by atoms with Crippen LogP contribution < -0.4 is 0 Å². The lowest BCUT2D eigenvalue weighted by atomic mass is 9.98. The summed E-state index contributed by atoms with van der Waals surface area (Å²) < 4.78 is 37.7. The summed E-state index contributed by atoms with van der Waals surface area (Å²) in [6, 6.07) is 3.68. The Bertz CT molecular complexity index is 783. The van der Waals surface area contributed by atoms with Gasteiger partial charge in [0, 0.05) is 17.8 Å². The van der Waals surface area contributed by atoms with E-state index in [0.29, 0.717) is 6.20 Å². The molecule has 0 N–H and O–H groups in total. The first-order valence-corrected chi connectivity index (χ1v) is 7.79. The van der Waals surface area contributed by atoms with E-state index in [9.17, 15) is 23.2 Å². The normalized spacial score (nSPS) is 13.4. The van der Waals surface area contributed by atoms with Gasteiger partial charge in [0.2, 0.25) is 0 Å². The lowest BCUT2D eigenvalue weighted by molar-refractivity contribution is -0.137. The van der Waals surface area contributed by atoms with Gasteiger partial charge in [0.05, 0.1) is 27.2 Å². The quantitative estimate of drug-likeness (QED) is 0.770. The average Bonchev–Trinajstić information content (AvgIpc) is 2.97. The van der Waals surface area contributed by atoms with Gasteiger partial charge in [-0.15, -0.1) is 11.3 Å². The predicted molar refractivity (Wildman–Crippen MR) is 82.7 cm³/mol. The molecule has 1 atom stereocenters. The van der Waals surface area contributed by atoms with Crippen LogP contribution in [0.3, 0.4) is 0 Å². The van der Waals surface area contributed by atoms with Crippen molar-refractivity contribution >= 4 is 17.1 Å². The molecule has 0 spiro atoms. The van der Waals surface area contributed by atoms with E-state index in [0.717, 1.165) is 17.1 Å². The molecule has 0 fully saturated rings. The number of aromatic nitrogens is 2. The van der Waals surface area contributed by atoms with Gasteiger partial charge in [0.1, 0.15) is 0 Å². The largest absolute Gasteiger partial charge is 0.417 e. The van der Waals surface area contributed by atoms with Crippen molar-refractivity contribution in [2.45, 2.75) is 38.3 Å². The number of ketones is 1. The number of thiazole rings is 1. The van der Waals surface area contributed by atoms with E-state index in [1.54, 1.807) is 0 Å². The van der Waals surface area contributed by atoms with Crippen molar-refractivity contribution < 1.29 is 18.0 Å². The van der Waals surface area contributed by atoms with Gasteiger partial charge >= 0.3 is 6.18 Å². The molecule has 2 aromatic heterocycles. The third-order valence-electron chi connectivity index (χ3n) is 3.19. The molecule has 0 saturated heterocycles. The first-order chi connectivity index (χ1) is 11.0. The minimum absolute atomic E-state index is 0.0128. The van der Waals surface area contributed by atoms with Gasteiger partial charge in [0.25, 0.3) is 0 Å². The van der Waals surface area contributed by atoms with Gasteiger partial charge in [-0.25, -0.2) is 4.98 Å². The molecule has 2 rings (SSSR count). The summed E-state index contributed by atoms with van der Waals surface area (Å²) in [5, 5.41) is 10.00. The Morgan fingerprint density at radius 3 is 2.29 bits per heavy atom. The number of halogens is 3. The van der Waals surface area contributed by atoms with Crippen molar-refractivity contribution in [3.05, 3.63) is 45.7 Å². The highest BCUT2D eigenvalue weighted by molar-refractivity contribution is 7.13. The summed E-state index contributed by atoms with van der Waals surface area (Å²) in [5.74, 6) is -1.78. The molecule has 4 nitrogen and oxygen atoms in total. The molecule has 0 aliphatic carbocycles. The minimum atomic E-state index is -4.52. The number of hydrogen-bond donors (Lipinski definition) is 0. The zero-order valence-electron chi connectivity index (χ0n) is 13.2. The Labute approximate surface area is 141 Å². The fraction of sp³-hybridized carbons (Fsp3) is 0.375. The van der Waals surface area contributed by atoms with E-state index in [1.807, 2.05) is 26.8 Å². The molecule has 0 radical (unpaired) electrons. The van der Waals surface area contributed by atoms with Gasteiger partial charge in [-0.05, 0) is 12.1 Å². The van der Waals surface area contributed by atoms with Gasteiger partial charge in [-0.1, -0.05) is 20.8 Å². The molecule has 126 valence electrons. The summed E-state index contributed by atoms with van der Waals surface area (Å²) in [7, 11) is 0. The maximum Gasteiger partial charge on any atom is 0.417 e. The molecule has 0 bridgehead atoms. The zero-order chi connectivity index (χ0) is 18.1. The van der Waals surface area contributed by atoms with Crippen molar-refractivity contribution in [1.29, 1.82) is 5.26 Å². The number of alkyl halides is 3. The van der Waals surface area contributed by atoms with Crippen molar-refractivity contribution in [2.75, 3.05) is 0 Å². The predicted octanol–water partition coefficient (Wildman–Crippen LogP) is 4.34. The molecule has 0 aliphatic heterocycles. The van der Waals surface area contributed by atoms with E-state index in [4.69, 9.17) is 0 Å². The maximum absolute atomic E-state index is 12.6. The lowest BCUT2D eigenvalue weighted by Gasteiger charge is -2.13. The molecule has 1 unspecified atom stereocenters. The van der Waals surface area contributed by atoms with Crippen molar-refractivity contribution in [2.24, 2.45) is 0 Å². The highest BCUT2D eigenvalue weighted by atomic mass is 32.1. The number of carbonyl (C=O) groups is 1. The summed E-state index contributed by atoms with van der Waals surface area (Å²) in [4.78, 5) is 20.6. The van der Waals surface area contributed by atoms with Crippen molar-refractivity contribution in [3.63, 3.8) is 0 Å². The maximum atomic E-state index is 12.6. The number of rotatable bonds is 3. The van der Waals surface area contributed by atoms with Crippen LogP contribution in [0.25, 0.3) is 0 Å². The summed E-state index contributed by atoms with van der Waals surface area (Å²) in [6.45, 7) is 5.83. The van der Waals surface area contributed by atoms with E-state index in [-0.39, 0.29) is 16.0 Å². The second-order valence-corrected chi connectivity index (χ2v) is 7.21. The summed E-state index contributed by atoms with van der Waals surface area (Å²) >= 11 is 1.17. The molecule has 24 heavy (non-hydrogen) atoms. The monoisotopic (exact) mass is 353 g/mol. The van der Waals surface area contributed by atoms with Crippen LogP contribution in [0.2, 0.25) is 0 Å². The van der Waals surface area contributed by atoms with Crippen LogP contribution in [0.1, 0.15) is 52.6 Å². The first kappa shape index (κ1) is 18.1. The molecule has 2 heterocycles. The van der Waals surface area contributed by atoms with E-state index in [2.05, 4.69) is 9.97 Å². The van der Waals surface area contributed by atoms with Crippen LogP contribution in [0.5, 0.6) is 0 Å². The van der Waals surface area contributed by atoms with Crippen LogP contribution in [0.15, 0.2) is 24.5 Å². The van der Waals surface area contributed by atoms with Gasteiger partial charge in [0.15, 0.2) is 11.7 Å². The van der Waals surface area contributed by atoms with Crippen LogP contribution in [0, 0.1) is 11.3 Å². The lowest BCUT2D eigenvalue weighted by Crippen LogP contribution is -2.13. The Morgan fingerprint density at radius 1 is 1.21 bits per heavy atom. The molecule has 0 aliphatic rings. The van der Waals surface area contributed by atoms with Crippen LogP contribution in [-0.4, -0.2) is 15.8 Å². The van der Waals surface area contributed by atoms with Gasteiger partial charge in [-0.3, -0.25) is 9.78 Å². The third kappa shape index (κ3) is 3.79. The van der Waals surface area contributed by atoms with Crippen LogP contribution in [0.4, 0.5) is 13.2 Å². The SMILES string of the molecule is CC(C)(C)c1ncc(C(=O)C(C#N)c2ccc(C(F)(F)F)cn2)s1. The smallest absolute Gasteiger partial charge is 0.291 e. The average molecular weight is 353 g/mol. The molecular formula is C16H14F3N3OS. The van der Waals surface area contributed by atoms with Crippen LogP contribution >= 0.6 is 11.3 Å². The highest BCUT2D eigenvalue weighted by Crippen LogP contribution is 2.31. The molecule has 0 amide bonds. The van der Waals surface area contributed by atoms with Crippen LogP contribution in [-0.2, 0) is 11.6 Å². The number of nitrogens with zero attached hydrogens (tertiary/aromatic N) is 3. The molecule has 0 saturated carbocycles. The molecular weight excluding hydrogens is 339 g/mol. The van der Waals surface area contributed by atoms with E-state index < -0.39 is 23.4 Å². The Balaban J connectivity index is 2.30. The summed E-state index contributed by atoms with van der Waals surface area (Å²) in [6.07, 6.45) is -2.50. The Morgan fingerprint density at radius 2 is 1.88 bits per heavy atom. The van der Waals surface area contributed by atoms with Crippen molar-refractivity contribution in [1.82, 2.24) is 9.97 Å². The number of nitriles is 1. The second kappa shape index (κ2) is 6.32. The number of Topliss-reactive ketones (excluding diaryl/α,β-unsaturated/α-hetero) is 1. The second-order valence-electron chi connectivity index (χ2n) is 6.18. The van der Waals surface area contributed by atoms with E-state index in [1.165, 1.54) is 17.5 Å². The Hall–Kier alpha value is -2.27. The third-order valence-corrected chi connectivity index (χ3v) is 4.63. The minimum Gasteiger partial charge on any atom is -0.291 e.